The summed E-state index contributed by atoms with van der Waals surface area (Å²) < 4.78 is 11.1. The first-order valence-corrected chi connectivity index (χ1v) is 7.32. The molecule has 0 spiro atoms. The maximum Gasteiger partial charge on any atom is 0.243 e. The number of rotatable bonds is 4. The molecule has 1 aromatic heterocycles. The summed E-state index contributed by atoms with van der Waals surface area (Å²) in [6.07, 6.45) is 4.29. The maximum atomic E-state index is 11.4. The molecule has 0 aliphatic carbocycles. The van der Waals surface area contributed by atoms with E-state index < -0.39 is 0 Å². The third-order valence-electron chi connectivity index (χ3n) is 3.50. The highest BCUT2D eigenvalue weighted by atomic mass is 16.5. The fourth-order valence-electron chi connectivity index (χ4n) is 2.49. The van der Waals surface area contributed by atoms with Crippen LogP contribution in [0.2, 0.25) is 0 Å². The van der Waals surface area contributed by atoms with Gasteiger partial charge in [-0.25, -0.2) is 0 Å². The number of aromatic nitrogens is 1. The van der Waals surface area contributed by atoms with E-state index in [1.165, 1.54) is 11.6 Å². The fourth-order valence-corrected chi connectivity index (χ4v) is 2.49. The summed E-state index contributed by atoms with van der Waals surface area (Å²) in [4.78, 5) is 11.4. The number of amides is 1. The van der Waals surface area contributed by atoms with Gasteiger partial charge in [-0.1, -0.05) is 11.2 Å². The Morgan fingerprint density at radius 3 is 3.14 bits per heavy atom. The van der Waals surface area contributed by atoms with Crippen molar-refractivity contribution < 1.29 is 14.1 Å². The molecule has 0 radical (unpaired) electrons. The van der Waals surface area contributed by atoms with Gasteiger partial charge in [0.1, 0.15) is 17.5 Å². The summed E-state index contributed by atoms with van der Waals surface area (Å²) in [5, 5.41) is 6.73. The van der Waals surface area contributed by atoms with Crippen LogP contribution in [0.3, 0.4) is 0 Å². The Bertz CT molecular complexity index is 718. The van der Waals surface area contributed by atoms with E-state index in [4.69, 9.17) is 9.26 Å². The summed E-state index contributed by atoms with van der Waals surface area (Å²) >= 11 is 0. The fraction of sp³-hybridized carbons (Fsp3) is 0.294. The lowest BCUT2D eigenvalue weighted by atomic mass is 10.1. The van der Waals surface area contributed by atoms with E-state index >= 15 is 0 Å². The van der Waals surface area contributed by atoms with Gasteiger partial charge in [0.2, 0.25) is 5.91 Å². The van der Waals surface area contributed by atoms with Crippen molar-refractivity contribution in [1.82, 2.24) is 10.5 Å². The summed E-state index contributed by atoms with van der Waals surface area (Å²) in [5.74, 6) is 1.49. The smallest absolute Gasteiger partial charge is 0.243 e. The monoisotopic (exact) mass is 298 g/mol. The van der Waals surface area contributed by atoms with Crippen LogP contribution in [0.5, 0.6) is 5.75 Å². The molecule has 1 N–H and O–H groups in total. The first kappa shape index (κ1) is 14.4. The minimum absolute atomic E-state index is 0.143. The number of allylic oxidation sites excluding steroid dienone is 1. The van der Waals surface area contributed by atoms with Gasteiger partial charge < -0.3 is 14.6 Å². The average molecular weight is 298 g/mol. The van der Waals surface area contributed by atoms with Crippen LogP contribution in [-0.4, -0.2) is 17.2 Å². The molecule has 3 rings (SSSR count). The number of carbonyl (C=O) groups excluding carboxylic acids is 1. The average Bonchev–Trinajstić information content (AvgIpc) is 3.09. The molecule has 114 valence electrons. The molecule has 5 nitrogen and oxygen atoms in total. The molecule has 22 heavy (non-hydrogen) atoms. The van der Waals surface area contributed by atoms with Gasteiger partial charge in [-0.05, 0) is 43.7 Å². The third-order valence-corrected chi connectivity index (χ3v) is 3.50. The van der Waals surface area contributed by atoms with E-state index in [0.29, 0.717) is 18.0 Å². The quantitative estimate of drug-likeness (QED) is 0.882. The molecule has 0 saturated carbocycles. The molecule has 0 fully saturated rings. The second-order valence-electron chi connectivity index (χ2n) is 5.36. The molecule has 2 heterocycles. The highest BCUT2D eigenvalue weighted by Gasteiger charge is 2.20. The molecule has 1 aliphatic rings. The van der Waals surface area contributed by atoms with Crippen molar-refractivity contribution in [3.8, 4) is 17.1 Å². The topological polar surface area (TPSA) is 64.4 Å². The molecular weight excluding hydrogens is 280 g/mol. The Labute approximate surface area is 129 Å². The summed E-state index contributed by atoms with van der Waals surface area (Å²) in [5.41, 5.74) is 2.84. The van der Waals surface area contributed by atoms with Crippen LogP contribution in [0.25, 0.3) is 11.3 Å². The van der Waals surface area contributed by atoms with Gasteiger partial charge in [0, 0.05) is 18.1 Å². The van der Waals surface area contributed by atoms with Gasteiger partial charge in [-0.3, -0.25) is 4.79 Å². The van der Waals surface area contributed by atoms with E-state index in [1.807, 2.05) is 18.2 Å². The zero-order chi connectivity index (χ0) is 15.5. The number of fused-ring (bicyclic) bond motifs is 1. The number of ether oxygens (including phenoxy) is 1. The predicted octanol–water partition coefficient (Wildman–Crippen LogP) is 2.86. The lowest BCUT2D eigenvalue weighted by Crippen LogP contribution is -2.20. The number of hydrogen-bond donors (Lipinski definition) is 1. The second-order valence-corrected chi connectivity index (χ2v) is 5.36. The molecule has 5 heteroatoms. The highest BCUT2D eigenvalue weighted by molar-refractivity contribution is 5.87. The predicted molar refractivity (Wildman–Crippen MR) is 82.4 cm³/mol. The van der Waals surface area contributed by atoms with E-state index in [0.717, 1.165) is 17.7 Å². The lowest BCUT2D eigenvalue weighted by Gasteiger charge is -2.02. The van der Waals surface area contributed by atoms with Gasteiger partial charge >= 0.3 is 0 Å². The number of benzene rings is 1. The minimum Gasteiger partial charge on any atom is -0.490 e. The molecule has 1 amide bonds. The molecule has 1 aromatic carbocycles. The zero-order valence-electron chi connectivity index (χ0n) is 12.6. The van der Waals surface area contributed by atoms with Gasteiger partial charge in [-0.2, -0.15) is 0 Å². The number of carbonyl (C=O) groups is 1. The molecule has 0 saturated heterocycles. The molecule has 0 bridgehead atoms. The summed E-state index contributed by atoms with van der Waals surface area (Å²) in [7, 11) is 0. The van der Waals surface area contributed by atoms with Crippen LogP contribution >= 0.6 is 0 Å². The first-order valence-electron chi connectivity index (χ1n) is 7.32. The van der Waals surface area contributed by atoms with Crippen molar-refractivity contribution in [3.05, 3.63) is 47.7 Å². The Morgan fingerprint density at radius 1 is 1.45 bits per heavy atom. The van der Waals surface area contributed by atoms with Gasteiger partial charge in [0.25, 0.3) is 0 Å². The Kier molecular flexibility index (Phi) is 3.96. The van der Waals surface area contributed by atoms with Crippen LogP contribution in [0.4, 0.5) is 0 Å². The van der Waals surface area contributed by atoms with Crippen LogP contribution < -0.4 is 10.1 Å². The molecule has 1 unspecified atom stereocenters. The van der Waals surface area contributed by atoms with E-state index in [2.05, 4.69) is 23.5 Å². The minimum atomic E-state index is -0.143. The molecule has 2 aromatic rings. The third kappa shape index (κ3) is 3.03. The van der Waals surface area contributed by atoms with Crippen molar-refractivity contribution in [1.29, 1.82) is 0 Å². The second kappa shape index (κ2) is 6.05. The van der Waals surface area contributed by atoms with Crippen LogP contribution in [0.1, 0.15) is 25.1 Å². The maximum absolute atomic E-state index is 11.4. The molecule has 1 aliphatic heterocycles. The number of nitrogens with zero attached hydrogens (tertiary/aromatic N) is 1. The van der Waals surface area contributed by atoms with Crippen LogP contribution in [0, 0.1) is 0 Å². The Hall–Kier alpha value is -2.56. The standard InChI is InChI=1S/C17H18N2O3/c1-3-4-17(20)18-10-14-9-16(22-19-14)12-5-6-15-13(8-12)7-11(2)21-15/h3-6,8-9,11H,7,10H2,1-2H3,(H,18,20)/b4-3-. The summed E-state index contributed by atoms with van der Waals surface area (Å²) in [6, 6.07) is 7.84. The largest absolute Gasteiger partial charge is 0.490 e. The van der Waals surface area contributed by atoms with Gasteiger partial charge in [0.05, 0.1) is 6.54 Å². The lowest BCUT2D eigenvalue weighted by molar-refractivity contribution is -0.116. The zero-order valence-corrected chi connectivity index (χ0v) is 12.6. The summed E-state index contributed by atoms with van der Waals surface area (Å²) in [6.45, 7) is 4.20. The van der Waals surface area contributed by atoms with Gasteiger partial charge in [0.15, 0.2) is 5.76 Å². The van der Waals surface area contributed by atoms with Crippen molar-refractivity contribution in [2.75, 3.05) is 0 Å². The SMILES string of the molecule is C/C=C\C(=O)NCc1cc(-c2ccc3c(c2)CC(C)O3)on1. The van der Waals surface area contributed by atoms with Gasteiger partial charge in [-0.15, -0.1) is 0 Å². The normalized spacial score (nSPS) is 16.5. The molecular formula is C17H18N2O3. The Morgan fingerprint density at radius 2 is 2.32 bits per heavy atom. The van der Waals surface area contributed by atoms with E-state index in [1.54, 1.807) is 13.0 Å². The van der Waals surface area contributed by atoms with Crippen molar-refractivity contribution in [2.45, 2.75) is 32.9 Å². The van der Waals surface area contributed by atoms with Crippen LogP contribution in [-0.2, 0) is 17.8 Å². The van der Waals surface area contributed by atoms with Crippen molar-refractivity contribution in [2.24, 2.45) is 0 Å². The number of nitrogens with one attached hydrogen (secondary N) is 1. The van der Waals surface area contributed by atoms with E-state index in [9.17, 15) is 4.79 Å². The van der Waals surface area contributed by atoms with Crippen molar-refractivity contribution in [3.63, 3.8) is 0 Å². The number of hydrogen-bond acceptors (Lipinski definition) is 4. The van der Waals surface area contributed by atoms with Crippen molar-refractivity contribution >= 4 is 5.91 Å². The van der Waals surface area contributed by atoms with E-state index in [-0.39, 0.29) is 12.0 Å². The van der Waals surface area contributed by atoms with Crippen LogP contribution in [0.15, 0.2) is 40.9 Å². The highest BCUT2D eigenvalue weighted by Crippen LogP contribution is 2.32. The Balaban J connectivity index is 1.71. The first-order chi connectivity index (χ1) is 10.7. The molecule has 1 atom stereocenters.